The summed E-state index contributed by atoms with van der Waals surface area (Å²) in [5.41, 5.74) is 2.12. The van der Waals surface area contributed by atoms with Crippen molar-refractivity contribution in [2.75, 3.05) is 0 Å². The monoisotopic (exact) mass is 288 g/mol. The summed E-state index contributed by atoms with van der Waals surface area (Å²) in [4.78, 5) is 8.85. The maximum atomic E-state index is 6.12. The lowest BCUT2D eigenvalue weighted by atomic mass is 10.4. The predicted octanol–water partition coefficient (Wildman–Crippen LogP) is 1.06. The minimum absolute atomic E-state index is 0.508. The number of fused-ring (bicyclic) bond motifs is 3. The average Bonchev–Trinajstić information content (AvgIpc) is 3.07. The number of halogens is 1. The van der Waals surface area contributed by atoms with Crippen molar-refractivity contribution in [3.8, 4) is 11.5 Å². The molecule has 4 aromatic heterocycles. The van der Waals surface area contributed by atoms with Gasteiger partial charge >= 0.3 is 0 Å². The molecule has 0 fully saturated rings. The zero-order valence-corrected chi connectivity index (χ0v) is 11.4. The van der Waals surface area contributed by atoms with Crippen molar-refractivity contribution < 1.29 is 0 Å². The van der Waals surface area contributed by atoms with Gasteiger partial charge in [-0.05, 0) is 0 Å². The zero-order valence-electron chi connectivity index (χ0n) is 10.7. The summed E-state index contributed by atoms with van der Waals surface area (Å²) in [5.74, 6) is 0.508. The van der Waals surface area contributed by atoms with E-state index < -0.39 is 0 Å². The lowest BCUT2D eigenvalue weighted by Crippen LogP contribution is -1.96. The van der Waals surface area contributed by atoms with Crippen LogP contribution in [0, 0.1) is 0 Å². The van der Waals surface area contributed by atoms with E-state index in [1.54, 1.807) is 39.6 Å². The highest BCUT2D eigenvalue weighted by molar-refractivity contribution is 6.32. The average molecular weight is 289 g/mol. The maximum Gasteiger partial charge on any atom is 0.202 e. The lowest BCUT2D eigenvalue weighted by molar-refractivity contribution is 0.768. The smallest absolute Gasteiger partial charge is 0.202 e. The first-order chi connectivity index (χ1) is 9.65. The van der Waals surface area contributed by atoms with E-state index in [0.29, 0.717) is 22.2 Å². The van der Waals surface area contributed by atoms with Gasteiger partial charge in [-0.2, -0.15) is 10.2 Å². The Morgan fingerprint density at radius 1 is 1.05 bits per heavy atom. The Balaban J connectivity index is 2.06. The topological polar surface area (TPSA) is 78.7 Å². The highest BCUT2D eigenvalue weighted by atomic mass is 35.5. The lowest BCUT2D eigenvalue weighted by Gasteiger charge is -1.95. The van der Waals surface area contributed by atoms with Gasteiger partial charge in [-0.1, -0.05) is 11.6 Å². The van der Waals surface area contributed by atoms with Gasteiger partial charge in [0.2, 0.25) is 5.82 Å². The molecular weight excluding hydrogens is 280 g/mol. The van der Waals surface area contributed by atoms with E-state index in [1.165, 1.54) is 0 Å². The molecule has 0 atom stereocenters. The normalized spacial score (nSPS) is 11.8. The Hall–Kier alpha value is -2.48. The molecule has 0 aromatic carbocycles. The Morgan fingerprint density at radius 3 is 2.60 bits per heavy atom. The first-order valence-electron chi connectivity index (χ1n) is 5.86. The van der Waals surface area contributed by atoms with Gasteiger partial charge in [0.15, 0.2) is 11.3 Å². The van der Waals surface area contributed by atoms with E-state index in [9.17, 15) is 0 Å². The molecule has 0 radical (unpaired) electrons. The van der Waals surface area contributed by atoms with Crippen LogP contribution < -0.4 is 0 Å². The Bertz CT molecular complexity index is 927. The van der Waals surface area contributed by atoms with Crippen molar-refractivity contribution in [1.82, 2.24) is 39.1 Å². The van der Waals surface area contributed by atoms with Gasteiger partial charge in [0, 0.05) is 14.1 Å². The van der Waals surface area contributed by atoms with Crippen LogP contribution >= 0.6 is 11.6 Å². The summed E-state index contributed by atoms with van der Waals surface area (Å²) in [5, 5.41) is 14.0. The van der Waals surface area contributed by atoms with Crippen LogP contribution in [0.25, 0.3) is 28.2 Å². The van der Waals surface area contributed by atoms with E-state index in [-0.39, 0.29) is 0 Å². The molecular formula is C11H9ClN8. The van der Waals surface area contributed by atoms with Gasteiger partial charge in [0.1, 0.15) is 12.0 Å². The van der Waals surface area contributed by atoms with Gasteiger partial charge in [0.05, 0.1) is 22.8 Å². The maximum absolute atomic E-state index is 6.12. The van der Waals surface area contributed by atoms with Gasteiger partial charge in [-0.15, -0.1) is 5.10 Å². The number of aromatic nitrogens is 8. The van der Waals surface area contributed by atoms with Crippen LogP contribution in [0.2, 0.25) is 5.02 Å². The van der Waals surface area contributed by atoms with E-state index >= 15 is 0 Å². The fourth-order valence-corrected chi connectivity index (χ4v) is 2.45. The number of nitrogens with zero attached hydrogens (tertiary/aromatic N) is 8. The highest BCUT2D eigenvalue weighted by Crippen LogP contribution is 2.25. The molecule has 0 amide bonds. The third-order valence-corrected chi connectivity index (χ3v) is 3.45. The minimum atomic E-state index is 0.508. The molecule has 4 aromatic rings. The number of aryl methyl sites for hydroxylation is 2. The third-order valence-electron chi connectivity index (χ3n) is 3.17. The summed E-state index contributed by atoms with van der Waals surface area (Å²) in [7, 11) is 3.63. The standard InChI is InChI=1S/C11H9ClN8/c1-18-8(7(12)4-15-18)9-16-11-6-3-14-19(2)10(6)13-5-20(11)17-9/h3-5H,1-2H3. The first kappa shape index (κ1) is 11.4. The van der Waals surface area contributed by atoms with Crippen molar-refractivity contribution in [2.24, 2.45) is 14.1 Å². The molecule has 0 unspecified atom stereocenters. The number of rotatable bonds is 1. The molecule has 100 valence electrons. The van der Waals surface area contributed by atoms with E-state index in [1.807, 2.05) is 7.05 Å². The summed E-state index contributed by atoms with van der Waals surface area (Å²) >= 11 is 6.12. The van der Waals surface area contributed by atoms with E-state index in [2.05, 4.69) is 25.3 Å². The zero-order chi connectivity index (χ0) is 13.9. The largest absolute Gasteiger partial charge is 0.263 e. The Labute approximate surface area is 117 Å². The SMILES string of the molecule is Cn1ncc(Cl)c1-c1nc2c3cnn(C)c3ncn2n1. The van der Waals surface area contributed by atoms with Crippen LogP contribution in [0.4, 0.5) is 0 Å². The van der Waals surface area contributed by atoms with Gasteiger partial charge in [-0.3, -0.25) is 9.36 Å². The molecule has 0 saturated heterocycles. The van der Waals surface area contributed by atoms with E-state index in [0.717, 1.165) is 11.0 Å². The molecule has 0 aliphatic rings. The summed E-state index contributed by atoms with van der Waals surface area (Å²) in [6.07, 6.45) is 4.90. The van der Waals surface area contributed by atoms with Crippen LogP contribution in [0.15, 0.2) is 18.7 Å². The molecule has 0 spiro atoms. The summed E-state index contributed by atoms with van der Waals surface area (Å²) < 4.78 is 4.95. The van der Waals surface area contributed by atoms with E-state index in [4.69, 9.17) is 11.6 Å². The molecule has 0 N–H and O–H groups in total. The molecule has 0 saturated carbocycles. The second-order valence-corrected chi connectivity index (χ2v) is 4.83. The number of hydrogen-bond donors (Lipinski definition) is 0. The summed E-state index contributed by atoms with van der Waals surface area (Å²) in [6.45, 7) is 0. The van der Waals surface area contributed by atoms with Crippen LogP contribution in [-0.4, -0.2) is 39.1 Å². The van der Waals surface area contributed by atoms with Crippen molar-refractivity contribution in [3.05, 3.63) is 23.7 Å². The number of hydrogen-bond acceptors (Lipinski definition) is 5. The predicted molar refractivity (Wildman–Crippen MR) is 72.3 cm³/mol. The fourth-order valence-electron chi connectivity index (χ4n) is 2.20. The minimum Gasteiger partial charge on any atom is -0.263 e. The molecule has 0 aliphatic heterocycles. The van der Waals surface area contributed by atoms with Crippen LogP contribution in [0.5, 0.6) is 0 Å². The highest BCUT2D eigenvalue weighted by Gasteiger charge is 2.17. The molecule has 20 heavy (non-hydrogen) atoms. The molecule has 8 nitrogen and oxygen atoms in total. The van der Waals surface area contributed by atoms with Crippen molar-refractivity contribution >= 4 is 28.3 Å². The fraction of sp³-hybridized carbons (Fsp3) is 0.182. The second-order valence-electron chi connectivity index (χ2n) is 4.42. The van der Waals surface area contributed by atoms with Crippen LogP contribution in [-0.2, 0) is 14.1 Å². The van der Waals surface area contributed by atoms with Gasteiger partial charge in [0.25, 0.3) is 0 Å². The molecule has 0 aliphatic carbocycles. The summed E-state index contributed by atoms with van der Waals surface area (Å²) in [6, 6.07) is 0. The van der Waals surface area contributed by atoms with Crippen molar-refractivity contribution in [3.63, 3.8) is 0 Å². The molecule has 0 bridgehead atoms. The van der Waals surface area contributed by atoms with Crippen molar-refractivity contribution in [2.45, 2.75) is 0 Å². The molecule has 4 rings (SSSR count). The molecule has 9 heteroatoms. The van der Waals surface area contributed by atoms with Gasteiger partial charge < -0.3 is 0 Å². The molecule has 4 heterocycles. The van der Waals surface area contributed by atoms with Crippen molar-refractivity contribution in [1.29, 1.82) is 0 Å². The second kappa shape index (κ2) is 3.76. The Kier molecular flexibility index (Phi) is 2.14. The third kappa shape index (κ3) is 1.39. The first-order valence-corrected chi connectivity index (χ1v) is 6.24. The van der Waals surface area contributed by atoms with Crippen LogP contribution in [0.1, 0.15) is 0 Å². The van der Waals surface area contributed by atoms with Gasteiger partial charge in [-0.25, -0.2) is 14.5 Å². The Morgan fingerprint density at radius 2 is 1.85 bits per heavy atom. The van der Waals surface area contributed by atoms with Crippen LogP contribution in [0.3, 0.4) is 0 Å². The quantitative estimate of drug-likeness (QED) is 0.523.